The number of aryl methyl sites for hydroxylation is 2. The zero-order valence-corrected chi connectivity index (χ0v) is 18.3. The molecule has 164 valence electrons. The van der Waals surface area contributed by atoms with Crippen molar-refractivity contribution in [3.05, 3.63) is 27.3 Å². The van der Waals surface area contributed by atoms with E-state index in [9.17, 15) is 18.0 Å². The molecule has 2 aliphatic rings. The van der Waals surface area contributed by atoms with Crippen LogP contribution in [0.4, 0.5) is 19.0 Å². The Balaban J connectivity index is 1.66. The van der Waals surface area contributed by atoms with Crippen molar-refractivity contribution < 1.29 is 18.0 Å². The number of alkyl halides is 3. The Labute approximate surface area is 177 Å². The number of halogens is 3. The van der Waals surface area contributed by atoms with Crippen molar-refractivity contribution in [3.8, 4) is 0 Å². The van der Waals surface area contributed by atoms with Gasteiger partial charge in [-0.2, -0.15) is 18.3 Å². The van der Waals surface area contributed by atoms with Crippen LogP contribution in [0.15, 0.2) is 6.07 Å². The highest BCUT2D eigenvalue weighted by molar-refractivity contribution is 7.13. The number of carbonyl (C=O) groups excluding carboxylic acids is 1. The highest BCUT2D eigenvalue weighted by Gasteiger charge is 2.47. The van der Waals surface area contributed by atoms with Gasteiger partial charge in [0.05, 0.1) is 22.4 Å². The average molecular weight is 442 g/mol. The highest BCUT2D eigenvalue weighted by Crippen LogP contribution is 2.43. The minimum atomic E-state index is -4.38. The zero-order valence-electron chi connectivity index (χ0n) is 17.5. The molecule has 0 bridgehead atoms. The lowest BCUT2D eigenvalue weighted by atomic mass is 9.94. The first-order valence-electron chi connectivity index (χ1n) is 10.2. The molecule has 0 unspecified atom stereocenters. The lowest BCUT2D eigenvalue weighted by molar-refractivity contribution is -0.174. The van der Waals surface area contributed by atoms with E-state index in [2.05, 4.69) is 15.4 Å². The van der Waals surface area contributed by atoms with Crippen LogP contribution in [0.1, 0.15) is 71.3 Å². The molecule has 0 spiro atoms. The van der Waals surface area contributed by atoms with Gasteiger partial charge in [0.15, 0.2) is 6.04 Å². The second kappa shape index (κ2) is 7.55. The van der Waals surface area contributed by atoms with E-state index in [0.29, 0.717) is 35.0 Å². The summed E-state index contributed by atoms with van der Waals surface area (Å²) in [5.41, 5.74) is 1.21. The Hall–Kier alpha value is -2.10. The fourth-order valence-corrected chi connectivity index (χ4v) is 5.28. The molecule has 0 saturated carbocycles. The number of likely N-dealkylation sites (tertiary alicyclic amines) is 1. The van der Waals surface area contributed by atoms with Crippen molar-refractivity contribution in [2.24, 2.45) is 5.92 Å². The van der Waals surface area contributed by atoms with Gasteiger partial charge in [-0.25, -0.2) is 9.67 Å². The topological polar surface area (TPSA) is 63.1 Å². The SMILES string of the molecule is Cc1nc(C)c(C(=O)N2CCC[C@@H]2c2cc3n(n2)[C@@H](C(F)(F)F)C[C@@H](C(C)C)N3)s1. The molecule has 1 fully saturated rings. The molecule has 2 aromatic heterocycles. The molecule has 0 aliphatic carbocycles. The fraction of sp³-hybridized carbons (Fsp3) is 0.650. The lowest BCUT2D eigenvalue weighted by Crippen LogP contribution is -2.41. The van der Waals surface area contributed by atoms with Crippen LogP contribution in [0.2, 0.25) is 0 Å². The smallest absolute Gasteiger partial charge is 0.367 e. The Kier molecular flexibility index (Phi) is 5.32. The number of hydrogen-bond donors (Lipinski definition) is 1. The number of nitrogens with one attached hydrogen (secondary N) is 1. The summed E-state index contributed by atoms with van der Waals surface area (Å²) in [5, 5.41) is 8.40. The van der Waals surface area contributed by atoms with Crippen LogP contribution in [0.5, 0.6) is 0 Å². The summed E-state index contributed by atoms with van der Waals surface area (Å²) in [6, 6.07) is -0.579. The quantitative estimate of drug-likeness (QED) is 0.738. The predicted octanol–water partition coefficient (Wildman–Crippen LogP) is 4.88. The molecule has 1 amide bonds. The Morgan fingerprint density at radius 1 is 1.33 bits per heavy atom. The Bertz CT molecular complexity index is 951. The molecule has 4 heterocycles. The predicted molar refractivity (Wildman–Crippen MR) is 109 cm³/mol. The van der Waals surface area contributed by atoms with Gasteiger partial charge in [0.25, 0.3) is 5.91 Å². The molecule has 3 atom stereocenters. The zero-order chi connectivity index (χ0) is 21.8. The first-order chi connectivity index (χ1) is 14.1. The Morgan fingerprint density at radius 3 is 2.67 bits per heavy atom. The van der Waals surface area contributed by atoms with Gasteiger partial charge in [-0.05, 0) is 39.0 Å². The molecular weight excluding hydrogens is 415 g/mol. The minimum Gasteiger partial charge on any atom is -0.367 e. The number of carbonyl (C=O) groups is 1. The maximum absolute atomic E-state index is 13.8. The van der Waals surface area contributed by atoms with E-state index in [1.807, 2.05) is 20.8 Å². The van der Waals surface area contributed by atoms with Crippen molar-refractivity contribution in [1.29, 1.82) is 0 Å². The first kappa shape index (κ1) is 21.1. The number of hydrogen-bond acceptors (Lipinski definition) is 5. The molecule has 1 N–H and O–H groups in total. The third-order valence-electron chi connectivity index (χ3n) is 6.00. The summed E-state index contributed by atoms with van der Waals surface area (Å²) in [7, 11) is 0. The summed E-state index contributed by atoms with van der Waals surface area (Å²) >= 11 is 1.35. The molecule has 1 saturated heterocycles. The standard InChI is InChI=1S/C20H26F3N5OS/c1-10(2)13-8-16(20(21,22)23)28-17(25-13)9-14(26-28)15-6-5-7-27(15)19(29)18-11(3)24-12(4)30-18/h9-10,13,15-16,25H,5-8H2,1-4H3/t13-,15+,16+/m0/s1. The van der Waals surface area contributed by atoms with Gasteiger partial charge in [-0.15, -0.1) is 11.3 Å². The molecule has 2 aliphatic heterocycles. The second-order valence-corrected chi connectivity index (χ2v) is 9.69. The Morgan fingerprint density at radius 2 is 2.07 bits per heavy atom. The van der Waals surface area contributed by atoms with Crippen LogP contribution in [0, 0.1) is 19.8 Å². The van der Waals surface area contributed by atoms with Crippen molar-refractivity contribution in [3.63, 3.8) is 0 Å². The summed E-state index contributed by atoms with van der Waals surface area (Å²) in [5.74, 6) is 0.317. The van der Waals surface area contributed by atoms with Crippen LogP contribution < -0.4 is 5.32 Å². The minimum absolute atomic E-state index is 0.0536. The van der Waals surface area contributed by atoms with Gasteiger partial charge in [0.1, 0.15) is 10.7 Å². The monoisotopic (exact) mass is 441 g/mol. The number of aromatic nitrogens is 3. The first-order valence-corrected chi connectivity index (χ1v) is 11.1. The lowest BCUT2D eigenvalue weighted by Gasteiger charge is -2.35. The molecule has 2 aromatic rings. The summed E-state index contributed by atoms with van der Waals surface area (Å²) in [4.78, 5) is 19.8. The van der Waals surface area contributed by atoms with E-state index in [4.69, 9.17) is 0 Å². The number of thiazole rings is 1. The molecule has 10 heteroatoms. The maximum Gasteiger partial charge on any atom is 0.410 e. The van der Waals surface area contributed by atoms with E-state index in [-0.39, 0.29) is 30.3 Å². The third kappa shape index (κ3) is 3.70. The number of fused-ring (bicyclic) bond motifs is 1. The largest absolute Gasteiger partial charge is 0.410 e. The molecule has 6 nitrogen and oxygen atoms in total. The molecule has 4 rings (SSSR count). The molecule has 0 radical (unpaired) electrons. The van der Waals surface area contributed by atoms with Gasteiger partial charge in [0, 0.05) is 18.7 Å². The van der Waals surface area contributed by atoms with E-state index in [1.165, 1.54) is 11.3 Å². The van der Waals surface area contributed by atoms with Gasteiger partial charge < -0.3 is 10.2 Å². The normalized spacial score (nSPS) is 24.3. The summed E-state index contributed by atoms with van der Waals surface area (Å²) < 4.78 is 42.3. The third-order valence-corrected chi connectivity index (χ3v) is 7.06. The number of rotatable bonds is 3. The highest BCUT2D eigenvalue weighted by atomic mass is 32.1. The van der Waals surface area contributed by atoms with Crippen molar-refractivity contribution in [1.82, 2.24) is 19.7 Å². The summed E-state index contributed by atoms with van der Waals surface area (Å²) in [6.07, 6.45) is -2.96. The van der Waals surface area contributed by atoms with E-state index in [0.717, 1.165) is 16.1 Å². The molecule has 0 aromatic carbocycles. The van der Waals surface area contributed by atoms with Crippen LogP contribution in [0.3, 0.4) is 0 Å². The fourth-order valence-electron chi connectivity index (χ4n) is 4.40. The van der Waals surface area contributed by atoms with Crippen LogP contribution in [-0.2, 0) is 0 Å². The van der Waals surface area contributed by atoms with Crippen molar-refractivity contribution in [2.75, 3.05) is 11.9 Å². The molecular formula is C20H26F3N5OS. The van der Waals surface area contributed by atoms with Gasteiger partial charge >= 0.3 is 6.18 Å². The summed E-state index contributed by atoms with van der Waals surface area (Å²) in [6.45, 7) is 8.05. The second-order valence-electron chi connectivity index (χ2n) is 8.49. The van der Waals surface area contributed by atoms with Crippen LogP contribution in [-0.4, -0.2) is 44.3 Å². The number of amides is 1. The molecule has 30 heavy (non-hydrogen) atoms. The van der Waals surface area contributed by atoms with E-state index in [1.54, 1.807) is 17.9 Å². The van der Waals surface area contributed by atoms with Crippen molar-refractivity contribution in [2.45, 2.75) is 71.3 Å². The van der Waals surface area contributed by atoms with Crippen molar-refractivity contribution >= 4 is 23.1 Å². The van der Waals surface area contributed by atoms with E-state index >= 15 is 0 Å². The van der Waals surface area contributed by atoms with Crippen LogP contribution >= 0.6 is 11.3 Å². The van der Waals surface area contributed by atoms with Crippen LogP contribution in [0.25, 0.3) is 0 Å². The number of nitrogens with zero attached hydrogens (tertiary/aromatic N) is 4. The van der Waals surface area contributed by atoms with E-state index < -0.39 is 12.2 Å². The number of anilines is 1. The average Bonchev–Trinajstić information content (AvgIpc) is 3.36. The van der Waals surface area contributed by atoms with Gasteiger partial charge in [-0.1, -0.05) is 13.8 Å². The van der Waals surface area contributed by atoms with Gasteiger partial charge in [-0.3, -0.25) is 4.79 Å². The maximum atomic E-state index is 13.8. The van der Waals surface area contributed by atoms with Gasteiger partial charge in [0.2, 0.25) is 0 Å².